The van der Waals surface area contributed by atoms with Crippen LogP contribution in [0.3, 0.4) is 0 Å². The molecule has 0 aliphatic carbocycles. The Bertz CT molecular complexity index is 1440. The molecule has 12 heteroatoms. The highest BCUT2D eigenvalue weighted by molar-refractivity contribution is 9.10. The summed E-state index contributed by atoms with van der Waals surface area (Å²) in [5, 5.41) is 3.33. The van der Waals surface area contributed by atoms with E-state index in [1.54, 1.807) is 61.5 Å². The van der Waals surface area contributed by atoms with Gasteiger partial charge in [0.25, 0.3) is 10.0 Å². The number of likely N-dealkylation sites (N-methyl/N-ethyl adjacent to an activating group) is 1. The molecule has 214 valence electrons. The van der Waals surface area contributed by atoms with Crippen LogP contribution in [0.5, 0.6) is 5.75 Å². The first-order chi connectivity index (χ1) is 19.0. The van der Waals surface area contributed by atoms with E-state index in [1.165, 1.54) is 24.1 Å². The van der Waals surface area contributed by atoms with Gasteiger partial charge < -0.3 is 15.0 Å². The molecular weight excluding hydrogens is 641 g/mol. The van der Waals surface area contributed by atoms with E-state index in [-0.39, 0.29) is 23.0 Å². The SMILES string of the molecule is CCOc1ccc(N(CC(=O)N(Cc2ccc(Cl)cc2Cl)C(CC)C(=O)NC)S(=O)(=O)c2ccc(Br)cc2)cc1. The number of nitrogens with zero attached hydrogens (tertiary/aromatic N) is 2. The summed E-state index contributed by atoms with van der Waals surface area (Å²) < 4.78 is 35.0. The quantitative estimate of drug-likeness (QED) is 0.259. The van der Waals surface area contributed by atoms with Crippen molar-refractivity contribution in [2.75, 3.05) is 24.5 Å². The molecule has 0 heterocycles. The van der Waals surface area contributed by atoms with Crippen molar-refractivity contribution in [1.29, 1.82) is 0 Å². The van der Waals surface area contributed by atoms with Crippen molar-refractivity contribution in [1.82, 2.24) is 10.2 Å². The number of anilines is 1. The smallest absolute Gasteiger partial charge is 0.264 e. The number of sulfonamides is 1. The van der Waals surface area contributed by atoms with Crippen molar-refractivity contribution in [3.8, 4) is 5.75 Å². The summed E-state index contributed by atoms with van der Waals surface area (Å²) >= 11 is 15.8. The summed E-state index contributed by atoms with van der Waals surface area (Å²) in [6.07, 6.45) is 0.291. The van der Waals surface area contributed by atoms with Gasteiger partial charge in [-0.3, -0.25) is 13.9 Å². The zero-order valence-corrected chi connectivity index (χ0v) is 26.1. The van der Waals surface area contributed by atoms with Crippen LogP contribution in [0.2, 0.25) is 10.0 Å². The molecular formula is C28H30BrCl2N3O5S. The van der Waals surface area contributed by atoms with Gasteiger partial charge in [0.05, 0.1) is 17.2 Å². The molecule has 40 heavy (non-hydrogen) atoms. The van der Waals surface area contributed by atoms with Crippen LogP contribution in [-0.4, -0.2) is 51.4 Å². The van der Waals surface area contributed by atoms with E-state index in [9.17, 15) is 18.0 Å². The van der Waals surface area contributed by atoms with Crippen molar-refractivity contribution >= 4 is 66.7 Å². The highest BCUT2D eigenvalue weighted by atomic mass is 79.9. The van der Waals surface area contributed by atoms with Gasteiger partial charge in [-0.1, -0.05) is 52.1 Å². The Balaban J connectivity index is 2.07. The molecule has 0 saturated heterocycles. The lowest BCUT2D eigenvalue weighted by Gasteiger charge is -2.33. The van der Waals surface area contributed by atoms with Gasteiger partial charge in [0.1, 0.15) is 18.3 Å². The van der Waals surface area contributed by atoms with Gasteiger partial charge in [-0.25, -0.2) is 8.42 Å². The zero-order valence-electron chi connectivity index (χ0n) is 22.2. The van der Waals surface area contributed by atoms with E-state index in [1.807, 2.05) is 6.92 Å². The van der Waals surface area contributed by atoms with E-state index in [0.717, 1.165) is 4.31 Å². The number of hydrogen-bond acceptors (Lipinski definition) is 5. The van der Waals surface area contributed by atoms with Gasteiger partial charge in [-0.2, -0.15) is 0 Å². The lowest BCUT2D eigenvalue weighted by Crippen LogP contribution is -2.51. The second kappa shape index (κ2) is 14.2. The lowest BCUT2D eigenvalue weighted by atomic mass is 10.1. The van der Waals surface area contributed by atoms with Crippen molar-refractivity contribution < 1.29 is 22.7 Å². The number of halogens is 3. The molecule has 3 rings (SSSR count). The van der Waals surface area contributed by atoms with E-state index >= 15 is 0 Å². The molecule has 0 saturated carbocycles. The Morgan fingerprint density at radius 2 is 1.65 bits per heavy atom. The van der Waals surface area contributed by atoms with Gasteiger partial charge in [0.15, 0.2) is 0 Å². The van der Waals surface area contributed by atoms with E-state index < -0.39 is 28.5 Å². The van der Waals surface area contributed by atoms with Gasteiger partial charge in [-0.05, 0) is 79.6 Å². The van der Waals surface area contributed by atoms with Gasteiger partial charge >= 0.3 is 0 Å². The van der Waals surface area contributed by atoms with Crippen molar-refractivity contribution in [3.63, 3.8) is 0 Å². The average Bonchev–Trinajstić information content (AvgIpc) is 2.93. The van der Waals surface area contributed by atoms with Crippen LogP contribution in [0, 0.1) is 0 Å². The number of carbonyl (C=O) groups excluding carboxylic acids is 2. The van der Waals surface area contributed by atoms with Crippen LogP contribution in [0.15, 0.2) is 76.1 Å². The lowest BCUT2D eigenvalue weighted by molar-refractivity contribution is -0.140. The number of hydrogen-bond donors (Lipinski definition) is 1. The highest BCUT2D eigenvalue weighted by Crippen LogP contribution is 2.28. The summed E-state index contributed by atoms with van der Waals surface area (Å²) in [5.74, 6) is -0.413. The van der Waals surface area contributed by atoms with Crippen LogP contribution in [0.1, 0.15) is 25.8 Å². The third-order valence-corrected chi connectivity index (χ3v) is 9.01. The molecule has 0 aliphatic rings. The fourth-order valence-electron chi connectivity index (χ4n) is 4.06. The largest absolute Gasteiger partial charge is 0.494 e. The fraction of sp³-hybridized carbons (Fsp3) is 0.286. The summed E-state index contributed by atoms with van der Waals surface area (Å²) in [7, 11) is -2.71. The Labute approximate surface area is 253 Å². The third kappa shape index (κ3) is 7.69. The summed E-state index contributed by atoms with van der Waals surface area (Å²) in [4.78, 5) is 28.1. The van der Waals surface area contributed by atoms with Crippen LogP contribution < -0.4 is 14.4 Å². The summed E-state index contributed by atoms with van der Waals surface area (Å²) in [6.45, 7) is 3.46. The standard InChI is InChI=1S/C28H30BrCl2N3O5S/c1-4-26(28(36)32-3)33(17-19-6-9-21(30)16-25(19)31)27(35)18-34(22-10-12-23(13-11-22)39-5-2)40(37,38)24-14-7-20(29)8-15-24/h6-16,26H,4-5,17-18H2,1-3H3,(H,32,36). The molecule has 0 fully saturated rings. The molecule has 8 nitrogen and oxygen atoms in total. The normalized spacial score (nSPS) is 11.9. The highest BCUT2D eigenvalue weighted by Gasteiger charge is 2.33. The molecule has 3 aromatic carbocycles. The Hall–Kier alpha value is -2.79. The molecule has 1 atom stereocenters. The summed E-state index contributed by atoms with van der Waals surface area (Å²) in [5.41, 5.74) is 0.822. The predicted octanol–water partition coefficient (Wildman–Crippen LogP) is 5.90. The second-order valence-electron chi connectivity index (χ2n) is 8.69. The van der Waals surface area contributed by atoms with Gasteiger partial charge in [-0.15, -0.1) is 0 Å². The third-order valence-electron chi connectivity index (χ3n) is 6.10. The monoisotopic (exact) mass is 669 g/mol. The number of nitrogens with one attached hydrogen (secondary N) is 1. The minimum absolute atomic E-state index is 0.00280. The molecule has 0 aliphatic heterocycles. The first-order valence-electron chi connectivity index (χ1n) is 12.5. The minimum Gasteiger partial charge on any atom is -0.494 e. The molecule has 1 N–H and O–H groups in total. The maximum absolute atomic E-state index is 14.0. The zero-order chi connectivity index (χ0) is 29.4. The van der Waals surface area contributed by atoms with Crippen LogP contribution in [0.25, 0.3) is 0 Å². The first kappa shape index (κ1) is 31.7. The number of carbonyl (C=O) groups is 2. The number of rotatable bonds is 12. The average molecular weight is 671 g/mol. The number of amides is 2. The first-order valence-corrected chi connectivity index (χ1v) is 15.5. The second-order valence-corrected chi connectivity index (χ2v) is 12.3. The van der Waals surface area contributed by atoms with Crippen LogP contribution in [0.4, 0.5) is 5.69 Å². The molecule has 2 amide bonds. The molecule has 0 spiro atoms. The van der Waals surface area contributed by atoms with Crippen molar-refractivity contribution in [2.45, 2.75) is 37.8 Å². The topological polar surface area (TPSA) is 96.0 Å². The molecule has 3 aromatic rings. The van der Waals surface area contributed by atoms with Gasteiger partial charge in [0.2, 0.25) is 11.8 Å². The van der Waals surface area contributed by atoms with Crippen molar-refractivity contribution in [2.24, 2.45) is 0 Å². The van der Waals surface area contributed by atoms with Crippen LogP contribution in [-0.2, 0) is 26.2 Å². The maximum Gasteiger partial charge on any atom is 0.264 e. The van der Waals surface area contributed by atoms with Crippen molar-refractivity contribution in [3.05, 3.63) is 86.8 Å². The van der Waals surface area contributed by atoms with E-state index in [2.05, 4.69) is 21.2 Å². The van der Waals surface area contributed by atoms with Crippen LogP contribution >= 0.6 is 39.1 Å². The molecule has 1 unspecified atom stereocenters. The number of benzene rings is 3. The Kier molecular flexibility index (Phi) is 11.3. The molecule has 0 radical (unpaired) electrons. The van der Waals surface area contributed by atoms with Gasteiger partial charge in [0, 0.05) is 28.1 Å². The number of ether oxygens (including phenoxy) is 1. The predicted molar refractivity (Wildman–Crippen MR) is 161 cm³/mol. The molecule has 0 bridgehead atoms. The summed E-state index contributed by atoms with van der Waals surface area (Å²) in [6, 6.07) is 16.5. The minimum atomic E-state index is -4.19. The molecule has 0 aromatic heterocycles. The van der Waals surface area contributed by atoms with E-state index in [4.69, 9.17) is 27.9 Å². The Morgan fingerprint density at radius 3 is 2.20 bits per heavy atom. The fourth-order valence-corrected chi connectivity index (χ4v) is 6.20. The van der Waals surface area contributed by atoms with E-state index in [0.29, 0.717) is 38.9 Å². The Morgan fingerprint density at radius 1 is 1.00 bits per heavy atom. The maximum atomic E-state index is 14.0.